The van der Waals surface area contributed by atoms with E-state index >= 15 is 0 Å². The minimum absolute atomic E-state index is 0.171. The van der Waals surface area contributed by atoms with E-state index in [-0.39, 0.29) is 6.04 Å². The topological polar surface area (TPSA) is 51.0 Å². The molecule has 3 nitrogen and oxygen atoms in total. The summed E-state index contributed by atoms with van der Waals surface area (Å²) in [5.74, 6) is 0.895. The fourth-order valence-electron chi connectivity index (χ4n) is 2.64. The molecule has 0 saturated heterocycles. The number of nitrogens with two attached hydrogens (primary N) is 1. The van der Waals surface area contributed by atoms with E-state index in [0.29, 0.717) is 0 Å². The maximum Gasteiger partial charge on any atom is 0.119 e. The van der Waals surface area contributed by atoms with Crippen LogP contribution in [0.5, 0.6) is 5.75 Å². The van der Waals surface area contributed by atoms with Gasteiger partial charge in [-0.3, -0.25) is 0 Å². The van der Waals surface area contributed by atoms with E-state index in [1.54, 1.807) is 7.11 Å². The van der Waals surface area contributed by atoms with E-state index in [9.17, 15) is 0 Å². The van der Waals surface area contributed by atoms with Gasteiger partial charge in [-0.15, -0.1) is 0 Å². The van der Waals surface area contributed by atoms with Crippen molar-refractivity contribution in [1.29, 1.82) is 0 Å². The largest absolute Gasteiger partial charge is 0.497 e. The van der Waals surface area contributed by atoms with E-state index in [1.807, 2.05) is 6.07 Å². The Morgan fingerprint density at radius 2 is 2.31 bits per heavy atom. The minimum Gasteiger partial charge on any atom is -0.497 e. The van der Waals surface area contributed by atoms with Crippen LogP contribution in [-0.2, 0) is 6.42 Å². The van der Waals surface area contributed by atoms with Crippen LogP contribution in [0.4, 0.5) is 0 Å². The molecule has 0 fully saturated rings. The smallest absolute Gasteiger partial charge is 0.119 e. The molecular weight excluding hydrogens is 200 g/mol. The standard InChI is InChI=1S/C13H16N2O/c1-16-8-5-6-11-9(7-8)13-10(14)3-2-4-12(13)15-11/h5-7,10,15H,2-4,14H2,1H3. The Hall–Kier alpha value is -1.48. The Kier molecular flexibility index (Phi) is 2.14. The van der Waals surface area contributed by atoms with Crippen molar-refractivity contribution in [2.75, 3.05) is 7.11 Å². The molecule has 1 heterocycles. The van der Waals surface area contributed by atoms with Gasteiger partial charge in [0.05, 0.1) is 7.11 Å². The number of benzene rings is 1. The van der Waals surface area contributed by atoms with Gasteiger partial charge >= 0.3 is 0 Å². The van der Waals surface area contributed by atoms with Gasteiger partial charge in [-0.25, -0.2) is 0 Å². The van der Waals surface area contributed by atoms with Gasteiger partial charge in [-0.2, -0.15) is 0 Å². The summed E-state index contributed by atoms with van der Waals surface area (Å²) >= 11 is 0. The SMILES string of the molecule is COc1ccc2[nH]c3c(c2c1)C(N)CCC3. The molecule has 3 N–H and O–H groups in total. The van der Waals surface area contributed by atoms with Crippen LogP contribution >= 0.6 is 0 Å². The minimum atomic E-state index is 0.171. The number of aromatic nitrogens is 1. The summed E-state index contributed by atoms with van der Waals surface area (Å²) in [5.41, 5.74) is 9.96. The van der Waals surface area contributed by atoms with Gasteiger partial charge in [0.2, 0.25) is 0 Å². The number of hydrogen-bond acceptors (Lipinski definition) is 2. The first-order chi connectivity index (χ1) is 7.79. The van der Waals surface area contributed by atoms with Crippen LogP contribution in [0, 0.1) is 0 Å². The van der Waals surface area contributed by atoms with Crippen molar-refractivity contribution in [3.8, 4) is 5.75 Å². The summed E-state index contributed by atoms with van der Waals surface area (Å²) in [7, 11) is 1.69. The predicted molar refractivity (Wildman–Crippen MR) is 64.7 cm³/mol. The fourth-order valence-corrected chi connectivity index (χ4v) is 2.64. The third-order valence-electron chi connectivity index (χ3n) is 3.44. The van der Waals surface area contributed by atoms with E-state index in [1.165, 1.54) is 28.6 Å². The fraction of sp³-hybridized carbons (Fsp3) is 0.385. The molecule has 3 heteroatoms. The Morgan fingerprint density at radius 3 is 3.12 bits per heavy atom. The zero-order valence-corrected chi connectivity index (χ0v) is 9.42. The predicted octanol–water partition coefficient (Wildman–Crippen LogP) is 2.51. The van der Waals surface area contributed by atoms with Crippen molar-refractivity contribution in [2.24, 2.45) is 5.73 Å². The van der Waals surface area contributed by atoms with E-state index in [2.05, 4.69) is 17.1 Å². The van der Waals surface area contributed by atoms with Gasteiger partial charge < -0.3 is 15.5 Å². The Morgan fingerprint density at radius 1 is 1.44 bits per heavy atom. The molecule has 1 aromatic carbocycles. The normalized spacial score (nSPS) is 19.8. The second-order valence-corrected chi connectivity index (χ2v) is 4.43. The van der Waals surface area contributed by atoms with Crippen molar-refractivity contribution >= 4 is 10.9 Å². The summed E-state index contributed by atoms with van der Waals surface area (Å²) < 4.78 is 5.26. The molecule has 1 aliphatic rings. The second-order valence-electron chi connectivity index (χ2n) is 4.43. The number of ether oxygens (including phenoxy) is 1. The number of aromatic amines is 1. The first-order valence-electron chi connectivity index (χ1n) is 5.73. The molecule has 0 saturated carbocycles. The molecule has 3 rings (SSSR count). The third-order valence-corrected chi connectivity index (χ3v) is 3.44. The van der Waals surface area contributed by atoms with Crippen LogP contribution < -0.4 is 10.5 Å². The van der Waals surface area contributed by atoms with Crippen molar-refractivity contribution in [1.82, 2.24) is 4.98 Å². The third kappa shape index (κ3) is 1.32. The highest BCUT2D eigenvalue weighted by Gasteiger charge is 2.21. The van der Waals surface area contributed by atoms with Crippen LogP contribution in [0.1, 0.15) is 30.1 Å². The number of methoxy groups -OCH3 is 1. The highest BCUT2D eigenvalue weighted by molar-refractivity contribution is 5.86. The van der Waals surface area contributed by atoms with Crippen LogP contribution in [0.25, 0.3) is 10.9 Å². The van der Waals surface area contributed by atoms with Crippen LogP contribution in [0.2, 0.25) is 0 Å². The molecule has 1 unspecified atom stereocenters. The summed E-state index contributed by atoms with van der Waals surface area (Å²) in [6.45, 7) is 0. The Bertz CT molecular complexity index is 530. The molecule has 0 bridgehead atoms. The monoisotopic (exact) mass is 216 g/mol. The van der Waals surface area contributed by atoms with Crippen molar-refractivity contribution in [2.45, 2.75) is 25.3 Å². The number of nitrogens with one attached hydrogen (secondary N) is 1. The van der Waals surface area contributed by atoms with Crippen LogP contribution in [0.15, 0.2) is 18.2 Å². The van der Waals surface area contributed by atoms with Gasteiger partial charge in [0, 0.05) is 22.6 Å². The first kappa shape index (κ1) is 9.73. The lowest BCUT2D eigenvalue weighted by molar-refractivity contribution is 0.415. The molecule has 1 aliphatic carbocycles. The Labute approximate surface area is 94.6 Å². The number of rotatable bonds is 1. The number of aryl methyl sites for hydroxylation is 1. The van der Waals surface area contributed by atoms with Gasteiger partial charge in [0.25, 0.3) is 0 Å². The summed E-state index contributed by atoms with van der Waals surface area (Å²) in [5, 5.41) is 1.22. The zero-order valence-electron chi connectivity index (χ0n) is 9.42. The number of fused-ring (bicyclic) bond motifs is 3. The maximum atomic E-state index is 6.19. The molecule has 0 aliphatic heterocycles. The van der Waals surface area contributed by atoms with E-state index in [0.717, 1.165) is 18.6 Å². The molecule has 1 atom stereocenters. The van der Waals surface area contributed by atoms with E-state index in [4.69, 9.17) is 10.5 Å². The summed E-state index contributed by atoms with van der Waals surface area (Å²) in [6, 6.07) is 6.30. The Balaban J connectivity index is 2.26. The van der Waals surface area contributed by atoms with Gasteiger partial charge in [-0.1, -0.05) is 0 Å². The van der Waals surface area contributed by atoms with Crippen LogP contribution in [0.3, 0.4) is 0 Å². The lowest BCUT2D eigenvalue weighted by Gasteiger charge is -2.18. The summed E-state index contributed by atoms with van der Waals surface area (Å²) in [6.07, 6.45) is 3.37. The van der Waals surface area contributed by atoms with Crippen molar-refractivity contribution in [3.63, 3.8) is 0 Å². The zero-order chi connectivity index (χ0) is 11.1. The average molecular weight is 216 g/mol. The van der Waals surface area contributed by atoms with Crippen molar-refractivity contribution in [3.05, 3.63) is 29.5 Å². The molecular formula is C13H16N2O. The van der Waals surface area contributed by atoms with Gasteiger partial charge in [0.1, 0.15) is 5.75 Å². The van der Waals surface area contributed by atoms with E-state index < -0.39 is 0 Å². The average Bonchev–Trinajstić information content (AvgIpc) is 2.67. The molecule has 0 radical (unpaired) electrons. The number of hydrogen-bond donors (Lipinski definition) is 2. The molecule has 1 aromatic heterocycles. The first-order valence-corrected chi connectivity index (χ1v) is 5.73. The molecule has 2 aromatic rings. The van der Waals surface area contributed by atoms with Gasteiger partial charge in [-0.05, 0) is 43.0 Å². The lowest BCUT2D eigenvalue weighted by atomic mass is 9.91. The lowest BCUT2D eigenvalue weighted by Crippen LogP contribution is -2.16. The molecule has 0 spiro atoms. The molecule has 84 valence electrons. The molecule has 16 heavy (non-hydrogen) atoms. The summed E-state index contributed by atoms with van der Waals surface area (Å²) in [4.78, 5) is 3.46. The van der Waals surface area contributed by atoms with Gasteiger partial charge in [0.15, 0.2) is 0 Å². The van der Waals surface area contributed by atoms with Crippen molar-refractivity contribution < 1.29 is 4.74 Å². The highest BCUT2D eigenvalue weighted by Crippen LogP contribution is 2.35. The highest BCUT2D eigenvalue weighted by atomic mass is 16.5. The quantitative estimate of drug-likeness (QED) is 0.769. The molecule has 0 amide bonds. The van der Waals surface area contributed by atoms with Crippen LogP contribution in [-0.4, -0.2) is 12.1 Å². The number of H-pyrrole nitrogens is 1. The second kappa shape index (κ2) is 3.52. The maximum absolute atomic E-state index is 6.19.